The van der Waals surface area contributed by atoms with Gasteiger partial charge in [-0.25, -0.2) is 9.97 Å². The van der Waals surface area contributed by atoms with E-state index in [2.05, 4.69) is 15.1 Å². The average molecular weight is 420 g/mol. The molecule has 4 rings (SSSR count). The Kier molecular flexibility index (Phi) is 4.98. The predicted molar refractivity (Wildman–Crippen MR) is 117 cm³/mol. The van der Waals surface area contributed by atoms with E-state index in [0.717, 1.165) is 10.9 Å². The summed E-state index contributed by atoms with van der Waals surface area (Å²) in [5, 5.41) is 15.3. The molecule has 0 unspecified atom stereocenters. The van der Waals surface area contributed by atoms with Gasteiger partial charge >= 0.3 is 0 Å². The SMILES string of the molecule is COc1cccc2c1nc(N)n1nc(CN(C)C(=O)c3ccc(C(C)(C)O)cc3)nc21. The van der Waals surface area contributed by atoms with Crippen molar-refractivity contribution < 1.29 is 14.6 Å². The van der Waals surface area contributed by atoms with Crippen LogP contribution in [0.3, 0.4) is 0 Å². The Balaban J connectivity index is 1.63. The van der Waals surface area contributed by atoms with Crippen LogP contribution in [0.5, 0.6) is 5.75 Å². The summed E-state index contributed by atoms with van der Waals surface area (Å²) in [6, 6.07) is 12.4. The first-order chi connectivity index (χ1) is 14.7. The van der Waals surface area contributed by atoms with Crippen molar-refractivity contribution in [2.75, 3.05) is 19.9 Å². The number of ether oxygens (including phenoxy) is 1. The molecule has 0 radical (unpaired) electrons. The van der Waals surface area contributed by atoms with E-state index in [4.69, 9.17) is 10.5 Å². The van der Waals surface area contributed by atoms with Crippen molar-refractivity contribution in [3.63, 3.8) is 0 Å². The van der Waals surface area contributed by atoms with Gasteiger partial charge in [-0.1, -0.05) is 18.2 Å². The zero-order chi connectivity index (χ0) is 22.3. The number of para-hydroxylation sites is 1. The van der Waals surface area contributed by atoms with Gasteiger partial charge in [0.25, 0.3) is 5.91 Å². The first-order valence-electron chi connectivity index (χ1n) is 9.75. The number of nitrogen functional groups attached to an aromatic ring is 1. The minimum Gasteiger partial charge on any atom is -0.494 e. The van der Waals surface area contributed by atoms with Crippen LogP contribution in [0.1, 0.15) is 35.6 Å². The molecule has 0 aliphatic rings. The Morgan fingerprint density at radius 3 is 2.55 bits per heavy atom. The first kappa shape index (κ1) is 20.5. The fraction of sp³-hybridized carbons (Fsp3) is 0.273. The lowest BCUT2D eigenvalue weighted by molar-refractivity contribution is 0.0765. The number of carbonyl (C=O) groups excluding carboxylic acids is 1. The molecule has 0 aliphatic heterocycles. The second-order valence-corrected chi connectivity index (χ2v) is 7.89. The van der Waals surface area contributed by atoms with Crippen LogP contribution >= 0.6 is 0 Å². The fourth-order valence-electron chi connectivity index (χ4n) is 3.43. The molecule has 1 amide bonds. The summed E-state index contributed by atoms with van der Waals surface area (Å²) in [7, 11) is 3.25. The molecule has 160 valence electrons. The summed E-state index contributed by atoms with van der Waals surface area (Å²) in [5.41, 5.74) is 7.51. The quantitative estimate of drug-likeness (QED) is 0.509. The monoisotopic (exact) mass is 420 g/mol. The van der Waals surface area contributed by atoms with Crippen LogP contribution in [0.2, 0.25) is 0 Å². The molecule has 2 heterocycles. The normalized spacial score (nSPS) is 11.8. The average Bonchev–Trinajstić information content (AvgIpc) is 3.17. The Labute approximate surface area is 179 Å². The maximum atomic E-state index is 12.8. The summed E-state index contributed by atoms with van der Waals surface area (Å²) < 4.78 is 6.83. The molecule has 2 aromatic heterocycles. The van der Waals surface area contributed by atoms with Crippen LogP contribution < -0.4 is 10.5 Å². The standard InChI is InChI=1S/C22H24N6O3/c1-22(2,30)14-10-8-13(9-11-14)20(29)27(3)12-17-24-19-15-6-5-7-16(31-4)18(15)25-21(23)28(19)26-17/h5-11,30H,12H2,1-4H3,(H2,23,25). The summed E-state index contributed by atoms with van der Waals surface area (Å²) in [4.78, 5) is 23.3. The molecule has 0 fully saturated rings. The Bertz CT molecular complexity index is 1270. The van der Waals surface area contributed by atoms with E-state index in [-0.39, 0.29) is 18.4 Å². The number of nitrogens with zero attached hydrogens (tertiary/aromatic N) is 5. The largest absolute Gasteiger partial charge is 0.494 e. The van der Waals surface area contributed by atoms with Gasteiger partial charge in [0.15, 0.2) is 11.5 Å². The van der Waals surface area contributed by atoms with Crippen molar-refractivity contribution in [3.8, 4) is 5.75 Å². The summed E-state index contributed by atoms with van der Waals surface area (Å²) >= 11 is 0. The van der Waals surface area contributed by atoms with E-state index in [1.165, 1.54) is 9.42 Å². The molecule has 2 aromatic carbocycles. The van der Waals surface area contributed by atoms with E-state index in [0.29, 0.717) is 28.3 Å². The second kappa shape index (κ2) is 7.51. The summed E-state index contributed by atoms with van der Waals surface area (Å²) in [6.07, 6.45) is 0. The smallest absolute Gasteiger partial charge is 0.254 e. The first-order valence-corrected chi connectivity index (χ1v) is 9.75. The number of fused-ring (bicyclic) bond motifs is 3. The van der Waals surface area contributed by atoms with Gasteiger partial charge in [0.2, 0.25) is 5.95 Å². The van der Waals surface area contributed by atoms with Gasteiger partial charge in [0.05, 0.1) is 19.3 Å². The number of benzene rings is 2. The highest BCUT2D eigenvalue weighted by Gasteiger charge is 2.20. The summed E-state index contributed by atoms with van der Waals surface area (Å²) in [6.45, 7) is 3.59. The van der Waals surface area contributed by atoms with E-state index in [1.807, 2.05) is 12.1 Å². The van der Waals surface area contributed by atoms with Gasteiger partial charge in [-0.3, -0.25) is 4.79 Å². The van der Waals surface area contributed by atoms with E-state index in [1.54, 1.807) is 58.3 Å². The number of hydrogen-bond acceptors (Lipinski definition) is 7. The minimum atomic E-state index is -0.965. The lowest BCUT2D eigenvalue weighted by Crippen LogP contribution is -2.27. The zero-order valence-corrected chi connectivity index (χ0v) is 17.8. The van der Waals surface area contributed by atoms with Crippen molar-refractivity contribution in [1.29, 1.82) is 0 Å². The van der Waals surface area contributed by atoms with E-state index in [9.17, 15) is 9.90 Å². The molecule has 0 aliphatic carbocycles. The number of anilines is 1. The second-order valence-electron chi connectivity index (χ2n) is 7.89. The molecule has 0 spiro atoms. The van der Waals surface area contributed by atoms with Crippen molar-refractivity contribution in [1.82, 2.24) is 24.5 Å². The van der Waals surface area contributed by atoms with Gasteiger partial charge in [0.1, 0.15) is 11.3 Å². The molecule has 9 nitrogen and oxygen atoms in total. The van der Waals surface area contributed by atoms with Gasteiger partial charge in [-0.05, 0) is 43.7 Å². The number of rotatable bonds is 5. The Morgan fingerprint density at radius 2 is 1.90 bits per heavy atom. The lowest BCUT2D eigenvalue weighted by Gasteiger charge is -2.19. The molecular weight excluding hydrogens is 396 g/mol. The molecule has 0 atom stereocenters. The van der Waals surface area contributed by atoms with Gasteiger partial charge in [-0.15, -0.1) is 5.10 Å². The van der Waals surface area contributed by atoms with Gasteiger partial charge in [-0.2, -0.15) is 4.52 Å². The van der Waals surface area contributed by atoms with Crippen LogP contribution in [0.4, 0.5) is 5.95 Å². The van der Waals surface area contributed by atoms with Crippen LogP contribution in [0.15, 0.2) is 42.5 Å². The van der Waals surface area contributed by atoms with E-state index < -0.39 is 5.60 Å². The Hall–Kier alpha value is -3.72. The van der Waals surface area contributed by atoms with Crippen LogP contribution in [-0.2, 0) is 12.1 Å². The topological polar surface area (TPSA) is 119 Å². The molecular formula is C22H24N6O3. The molecule has 31 heavy (non-hydrogen) atoms. The van der Waals surface area contributed by atoms with Crippen molar-refractivity contribution in [3.05, 3.63) is 59.4 Å². The third-order valence-electron chi connectivity index (χ3n) is 5.12. The number of hydrogen-bond donors (Lipinski definition) is 2. The van der Waals surface area contributed by atoms with Crippen molar-refractivity contribution >= 4 is 28.4 Å². The third-order valence-corrected chi connectivity index (χ3v) is 5.12. The highest BCUT2D eigenvalue weighted by atomic mass is 16.5. The third kappa shape index (κ3) is 3.75. The van der Waals surface area contributed by atoms with E-state index >= 15 is 0 Å². The zero-order valence-electron chi connectivity index (χ0n) is 17.8. The highest BCUT2D eigenvalue weighted by Crippen LogP contribution is 2.27. The molecule has 0 saturated carbocycles. The van der Waals surface area contributed by atoms with Crippen molar-refractivity contribution in [2.45, 2.75) is 26.0 Å². The molecule has 0 saturated heterocycles. The number of aromatic nitrogens is 4. The van der Waals surface area contributed by atoms with Crippen molar-refractivity contribution in [2.24, 2.45) is 0 Å². The fourth-order valence-corrected chi connectivity index (χ4v) is 3.43. The maximum Gasteiger partial charge on any atom is 0.254 e. The highest BCUT2D eigenvalue weighted by molar-refractivity contribution is 5.96. The number of amides is 1. The van der Waals surface area contributed by atoms with Crippen LogP contribution in [0, 0.1) is 0 Å². The minimum absolute atomic E-state index is 0.182. The van der Waals surface area contributed by atoms with Gasteiger partial charge in [0, 0.05) is 18.0 Å². The Morgan fingerprint density at radius 1 is 1.19 bits per heavy atom. The van der Waals surface area contributed by atoms with Crippen LogP contribution in [0.25, 0.3) is 16.6 Å². The number of aliphatic hydroxyl groups is 1. The molecule has 4 aromatic rings. The number of nitrogens with two attached hydrogens (primary N) is 1. The number of carbonyl (C=O) groups is 1. The molecule has 0 bridgehead atoms. The predicted octanol–water partition coefficient (Wildman–Crippen LogP) is 2.37. The van der Waals surface area contributed by atoms with Crippen LogP contribution in [-0.4, -0.2) is 49.7 Å². The lowest BCUT2D eigenvalue weighted by atomic mass is 9.97. The number of methoxy groups -OCH3 is 1. The van der Waals surface area contributed by atoms with Gasteiger partial charge < -0.3 is 20.5 Å². The maximum absolute atomic E-state index is 12.8. The summed E-state index contributed by atoms with van der Waals surface area (Å²) in [5.74, 6) is 1.03. The molecule has 9 heteroatoms. The molecule has 3 N–H and O–H groups in total.